The average Bonchev–Trinajstić information content (AvgIpc) is 3.01. The van der Waals surface area contributed by atoms with Crippen molar-refractivity contribution in [2.45, 2.75) is 18.5 Å². The Morgan fingerprint density at radius 3 is 2.48 bits per heavy atom. The molecule has 7 heteroatoms. The van der Waals surface area contributed by atoms with Gasteiger partial charge in [-0.15, -0.1) is 0 Å². The Labute approximate surface area is 150 Å². The molecule has 1 heterocycles. The van der Waals surface area contributed by atoms with E-state index in [0.717, 1.165) is 10.0 Å². The van der Waals surface area contributed by atoms with Crippen molar-refractivity contribution < 1.29 is 9.18 Å². The maximum Gasteiger partial charge on any atom is 0.243 e. The number of carbonyl (C=O) groups is 1. The van der Waals surface area contributed by atoms with Gasteiger partial charge in [0.1, 0.15) is 11.9 Å². The standard InChI is InChI=1S/C16H14Br2FN3O/c17-10-3-1-9(2-4-10)14-8-15(22-21-14)16(23)20-13-6-5-11(18)7-12(13)19/h1-7,14-15,21-22H,8H2,(H,20,23). The van der Waals surface area contributed by atoms with Crippen LogP contribution in [-0.4, -0.2) is 11.9 Å². The molecular formula is C16H14Br2FN3O. The van der Waals surface area contributed by atoms with E-state index < -0.39 is 11.9 Å². The summed E-state index contributed by atoms with van der Waals surface area (Å²) < 4.78 is 15.4. The zero-order chi connectivity index (χ0) is 16.4. The molecule has 2 atom stereocenters. The average molecular weight is 443 g/mol. The van der Waals surface area contributed by atoms with Crippen LogP contribution in [0.15, 0.2) is 51.4 Å². The fraction of sp³-hybridized carbons (Fsp3) is 0.188. The van der Waals surface area contributed by atoms with Gasteiger partial charge >= 0.3 is 0 Å². The summed E-state index contributed by atoms with van der Waals surface area (Å²) in [5, 5.41) is 2.62. The second-order valence-corrected chi connectivity index (χ2v) is 7.13. The van der Waals surface area contributed by atoms with Gasteiger partial charge in [0, 0.05) is 15.0 Å². The van der Waals surface area contributed by atoms with Crippen molar-refractivity contribution in [1.29, 1.82) is 0 Å². The molecule has 0 spiro atoms. The Balaban J connectivity index is 1.64. The summed E-state index contributed by atoms with van der Waals surface area (Å²) in [5.74, 6) is -0.735. The molecule has 0 aliphatic carbocycles. The number of carbonyl (C=O) groups excluding carboxylic acids is 1. The number of benzene rings is 2. The van der Waals surface area contributed by atoms with Crippen LogP contribution in [0.5, 0.6) is 0 Å². The predicted molar refractivity (Wildman–Crippen MR) is 94.3 cm³/mol. The molecule has 120 valence electrons. The van der Waals surface area contributed by atoms with Crippen LogP contribution in [0.4, 0.5) is 10.1 Å². The molecule has 0 bridgehead atoms. The summed E-state index contributed by atoms with van der Waals surface area (Å²) in [6.45, 7) is 0. The molecule has 0 saturated carbocycles. The maximum atomic E-state index is 13.8. The van der Waals surface area contributed by atoms with E-state index in [1.165, 1.54) is 12.1 Å². The molecule has 1 fully saturated rings. The highest BCUT2D eigenvalue weighted by Gasteiger charge is 2.30. The quantitative estimate of drug-likeness (QED) is 0.675. The number of anilines is 1. The molecular weight excluding hydrogens is 429 g/mol. The molecule has 3 rings (SSSR count). The number of nitrogens with one attached hydrogen (secondary N) is 3. The van der Waals surface area contributed by atoms with Crippen LogP contribution in [0.2, 0.25) is 0 Å². The SMILES string of the molecule is O=C(Nc1ccc(Br)cc1F)C1CC(c2ccc(Br)cc2)NN1. The lowest BCUT2D eigenvalue weighted by Gasteiger charge is -2.11. The van der Waals surface area contributed by atoms with Gasteiger partial charge in [-0.25, -0.2) is 15.2 Å². The van der Waals surface area contributed by atoms with Crippen LogP contribution < -0.4 is 16.2 Å². The molecule has 0 aromatic heterocycles. The fourth-order valence-corrected chi connectivity index (χ4v) is 3.05. The zero-order valence-electron chi connectivity index (χ0n) is 11.9. The third-order valence-corrected chi connectivity index (χ3v) is 4.70. The Hall–Kier alpha value is -1.28. The van der Waals surface area contributed by atoms with Crippen molar-refractivity contribution in [2.24, 2.45) is 0 Å². The van der Waals surface area contributed by atoms with Crippen LogP contribution in [-0.2, 0) is 4.79 Å². The third kappa shape index (κ3) is 3.98. The monoisotopic (exact) mass is 441 g/mol. The van der Waals surface area contributed by atoms with Gasteiger partial charge in [0.15, 0.2) is 0 Å². The van der Waals surface area contributed by atoms with Crippen molar-refractivity contribution in [3.8, 4) is 0 Å². The zero-order valence-corrected chi connectivity index (χ0v) is 15.1. The minimum atomic E-state index is -0.469. The highest BCUT2D eigenvalue weighted by molar-refractivity contribution is 9.10. The van der Waals surface area contributed by atoms with Gasteiger partial charge in [-0.2, -0.15) is 0 Å². The third-order valence-electron chi connectivity index (χ3n) is 3.68. The van der Waals surface area contributed by atoms with E-state index in [9.17, 15) is 9.18 Å². The molecule has 23 heavy (non-hydrogen) atoms. The molecule has 0 radical (unpaired) electrons. The first-order chi connectivity index (χ1) is 11.0. The molecule has 1 aliphatic heterocycles. The van der Waals surface area contributed by atoms with Crippen molar-refractivity contribution in [1.82, 2.24) is 10.9 Å². The first-order valence-electron chi connectivity index (χ1n) is 7.05. The number of hydrogen-bond donors (Lipinski definition) is 3. The highest BCUT2D eigenvalue weighted by Crippen LogP contribution is 2.25. The Bertz CT molecular complexity index is 724. The smallest absolute Gasteiger partial charge is 0.243 e. The molecule has 1 amide bonds. The molecule has 2 aromatic rings. The molecule has 2 aromatic carbocycles. The van der Waals surface area contributed by atoms with E-state index in [1.807, 2.05) is 24.3 Å². The van der Waals surface area contributed by atoms with Crippen molar-refractivity contribution in [3.63, 3.8) is 0 Å². The number of hydrogen-bond acceptors (Lipinski definition) is 3. The summed E-state index contributed by atoms with van der Waals surface area (Å²) in [6.07, 6.45) is 0.589. The maximum absolute atomic E-state index is 13.8. The van der Waals surface area contributed by atoms with E-state index in [1.54, 1.807) is 6.07 Å². The summed E-state index contributed by atoms with van der Waals surface area (Å²) in [4.78, 5) is 12.3. The van der Waals surface area contributed by atoms with Crippen LogP contribution in [0.1, 0.15) is 18.0 Å². The summed E-state index contributed by atoms with van der Waals surface area (Å²) >= 11 is 6.59. The normalized spacial score (nSPS) is 20.5. The molecule has 1 saturated heterocycles. The van der Waals surface area contributed by atoms with Crippen molar-refractivity contribution in [3.05, 3.63) is 62.8 Å². The van der Waals surface area contributed by atoms with Gasteiger partial charge in [0.25, 0.3) is 0 Å². The lowest BCUT2D eigenvalue weighted by Crippen LogP contribution is -2.39. The van der Waals surface area contributed by atoms with E-state index in [0.29, 0.717) is 10.9 Å². The molecule has 1 aliphatic rings. The minimum absolute atomic E-state index is 0.0358. The summed E-state index contributed by atoms with van der Waals surface area (Å²) in [5.41, 5.74) is 7.33. The van der Waals surface area contributed by atoms with Gasteiger partial charge in [-0.3, -0.25) is 4.79 Å². The second kappa shape index (κ2) is 7.09. The Kier molecular flexibility index (Phi) is 5.11. The first kappa shape index (κ1) is 16.6. The van der Waals surface area contributed by atoms with E-state index in [4.69, 9.17) is 0 Å². The van der Waals surface area contributed by atoms with E-state index >= 15 is 0 Å². The number of hydrazine groups is 1. The van der Waals surface area contributed by atoms with Crippen LogP contribution in [0.25, 0.3) is 0 Å². The lowest BCUT2D eigenvalue weighted by atomic mass is 10.0. The van der Waals surface area contributed by atoms with Crippen LogP contribution in [0, 0.1) is 5.82 Å². The van der Waals surface area contributed by atoms with E-state index in [2.05, 4.69) is 48.0 Å². The molecule has 2 unspecified atom stereocenters. The summed E-state index contributed by atoms with van der Waals surface area (Å²) in [7, 11) is 0. The molecule has 3 N–H and O–H groups in total. The van der Waals surface area contributed by atoms with Gasteiger partial charge < -0.3 is 5.32 Å². The fourth-order valence-electron chi connectivity index (χ4n) is 2.45. The first-order valence-corrected chi connectivity index (χ1v) is 8.64. The van der Waals surface area contributed by atoms with Crippen LogP contribution in [0.3, 0.4) is 0 Å². The number of rotatable bonds is 3. The van der Waals surface area contributed by atoms with Crippen molar-refractivity contribution in [2.75, 3.05) is 5.32 Å². The predicted octanol–water partition coefficient (Wildman–Crippen LogP) is 3.90. The van der Waals surface area contributed by atoms with E-state index in [-0.39, 0.29) is 17.6 Å². The minimum Gasteiger partial charge on any atom is -0.322 e. The van der Waals surface area contributed by atoms with Gasteiger partial charge in [0.05, 0.1) is 5.69 Å². The Morgan fingerprint density at radius 1 is 1.09 bits per heavy atom. The number of amides is 1. The van der Waals surface area contributed by atoms with Gasteiger partial charge in [-0.1, -0.05) is 44.0 Å². The lowest BCUT2D eigenvalue weighted by molar-refractivity contribution is -0.117. The van der Waals surface area contributed by atoms with Crippen molar-refractivity contribution >= 4 is 43.5 Å². The van der Waals surface area contributed by atoms with Crippen LogP contribution >= 0.6 is 31.9 Å². The van der Waals surface area contributed by atoms with Gasteiger partial charge in [-0.05, 0) is 42.3 Å². The Morgan fingerprint density at radius 2 is 1.78 bits per heavy atom. The van der Waals surface area contributed by atoms with Gasteiger partial charge in [0.2, 0.25) is 5.91 Å². The molecule has 4 nitrogen and oxygen atoms in total. The summed E-state index contributed by atoms with van der Waals surface area (Å²) in [6, 6.07) is 12.1. The highest BCUT2D eigenvalue weighted by atomic mass is 79.9. The largest absolute Gasteiger partial charge is 0.322 e. The second-order valence-electron chi connectivity index (χ2n) is 5.29. The topological polar surface area (TPSA) is 53.2 Å². The number of halogens is 3.